The molecule has 1 aromatic heterocycles. The van der Waals surface area contributed by atoms with Gasteiger partial charge in [0.15, 0.2) is 0 Å². The van der Waals surface area contributed by atoms with Crippen LogP contribution in [0.5, 0.6) is 0 Å². The minimum absolute atomic E-state index is 0.274. The monoisotopic (exact) mass is 418 g/mol. The van der Waals surface area contributed by atoms with Gasteiger partial charge in [0.2, 0.25) is 11.8 Å². The van der Waals surface area contributed by atoms with E-state index in [0.717, 1.165) is 42.1 Å². The SMILES string of the molecule is Cn1c(=O)n(N2C(=O)CCCC2=O)c2ccc(-c3ccc(C4CCNCC4)cc3)cc21. The summed E-state index contributed by atoms with van der Waals surface area (Å²) in [5.74, 6) is -0.0564. The number of benzene rings is 2. The number of imide groups is 1. The maximum Gasteiger partial charge on any atom is 0.348 e. The summed E-state index contributed by atoms with van der Waals surface area (Å²) in [6, 6.07) is 14.4. The Hall–Kier alpha value is -3.19. The van der Waals surface area contributed by atoms with Crippen LogP contribution < -0.4 is 16.0 Å². The second kappa shape index (κ2) is 7.81. The fourth-order valence-corrected chi connectivity index (χ4v) is 4.76. The maximum atomic E-state index is 12.9. The number of imidazole rings is 1. The quantitative estimate of drug-likeness (QED) is 0.664. The van der Waals surface area contributed by atoms with E-state index in [-0.39, 0.29) is 24.7 Å². The molecule has 0 unspecified atom stereocenters. The van der Waals surface area contributed by atoms with Crippen molar-refractivity contribution in [2.75, 3.05) is 18.1 Å². The number of aryl methyl sites for hydroxylation is 1. The summed E-state index contributed by atoms with van der Waals surface area (Å²) in [6.07, 6.45) is 3.40. The van der Waals surface area contributed by atoms with Crippen LogP contribution in [-0.2, 0) is 16.6 Å². The molecular weight excluding hydrogens is 392 g/mol. The number of carbonyl (C=O) groups is 2. The molecule has 0 saturated carbocycles. The summed E-state index contributed by atoms with van der Waals surface area (Å²) >= 11 is 0. The van der Waals surface area contributed by atoms with Crippen molar-refractivity contribution in [2.45, 2.75) is 38.0 Å². The molecule has 0 spiro atoms. The van der Waals surface area contributed by atoms with Gasteiger partial charge >= 0.3 is 5.69 Å². The molecule has 5 rings (SSSR count). The zero-order valence-electron chi connectivity index (χ0n) is 17.6. The normalized spacial score (nSPS) is 18.2. The summed E-state index contributed by atoms with van der Waals surface area (Å²) in [5.41, 5.74) is 4.30. The zero-order chi connectivity index (χ0) is 21.5. The number of carbonyl (C=O) groups excluding carboxylic acids is 2. The topological polar surface area (TPSA) is 76.3 Å². The lowest BCUT2D eigenvalue weighted by molar-refractivity contribution is -0.131. The van der Waals surface area contributed by atoms with Gasteiger partial charge in [-0.2, -0.15) is 9.69 Å². The third kappa shape index (κ3) is 3.39. The lowest BCUT2D eigenvalue weighted by Crippen LogP contribution is -2.52. The van der Waals surface area contributed by atoms with Gasteiger partial charge in [-0.3, -0.25) is 14.2 Å². The molecule has 0 aliphatic carbocycles. The largest absolute Gasteiger partial charge is 0.348 e. The highest BCUT2D eigenvalue weighted by atomic mass is 16.2. The molecule has 3 heterocycles. The van der Waals surface area contributed by atoms with Crippen molar-refractivity contribution in [1.29, 1.82) is 0 Å². The van der Waals surface area contributed by atoms with Gasteiger partial charge in [0.05, 0.1) is 11.0 Å². The van der Waals surface area contributed by atoms with Crippen molar-refractivity contribution in [3.63, 3.8) is 0 Å². The standard InChI is InChI=1S/C24H26N4O3/c1-26-21-15-19(17-7-5-16(6-8-17)18-11-13-25-14-12-18)9-10-20(21)27(24(26)31)28-22(29)3-2-4-23(28)30/h5-10,15,18,25H,2-4,11-14H2,1H3. The van der Waals surface area contributed by atoms with Gasteiger partial charge in [-0.25, -0.2) is 4.79 Å². The molecule has 0 radical (unpaired) electrons. The van der Waals surface area contributed by atoms with Crippen LogP contribution in [0.1, 0.15) is 43.6 Å². The van der Waals surface area contributed by atoms with E-state index in [1.165, 1.54) is 14.8 Å². The Labute approximate surface area is 180 Å². The number of aromatic nitrogens is 2. The molecular formula is C24H26N4O3. The van der Waals surface area contributed by atoms with Crippen LogP contribution in [0.4, 0.5) is 0 Å². The molecule has 0 bridgehead atoms. The Morgan fingerprint density at radius 1 is 0.839 bits per heavy atom. The average Bonchev–Trinajstić information content (AvgIpc) is 3.04. The second-order valence-electron chi connectivity index (χ2n) is 8.46. The van der Waals surface area contributed by atoms with Crippen LogP contribution in [-0.4, -0.2) is 34.1 Å². The van der Waals surface area contributed by atoms with Crippen molar-refractivity contribution in [3.05, 3.63) is 58.5 Å². The van der Waals surface area contributed by atoms with E-state index in [1.54, 1.807) is 7.05 Å². The first-order chi connectivity index (χ1) is 15.0. The molecule has 7 nitrogen and oxygen atoms in total. The predicted molar refractivity (Wildman–Crippen MR) is 120 cm³/mol. The molecule has 2 amide bonds. The van der Waals surface area contributed by atoms with E-state index in [9.17, 15) is 14.4 Å². The highest BCUT2D eigenvalue weighted by Gasteiger charge is 2.31. The molecule has 2 aliphatic heterocycles. The number of hydrogen-bond donors (Lipinski definition) is 1. The number of amides is 2. The van der Waals surface area contributed by atoms with Gasteiger partial charge in [-0.05, 0) is 67.1 Å². The first-order valence-corrected chi connectivity index (χ1v) is 10.9. The van der Waals surface area contributed by atoms with Crippen LogP contribution >= 0.6 is 0 Å². The van der Waals surface area contributed by atoms with Crippen LogP contribution in [0.15, 0.2) is 47.3 Å². The van der Waals surface area contributed by atoms with Crippen molar-refractivity contribution in [2.24, 2.45) is 7.05 Å². The predicted octanol–water partition coefficient (Wildman–Crippen LogP) is 2.65. The number of rotatable bonds is 3. The lowest BCUT2D eigenvalue weighted by atomic mass is 9.89. The van der Waals surface area contributed by atoms with Crippen LogP contribution in [0.2, 0.25) is 0 Å². The average molecular weight is 418 g/mol. The van der Waals surface area contributed by atoms with E-state index in [4.69, 9.17) is 0 Å². The van der Waals surface area contributed by atoms with Crippen molar-refractivity contribution >= 4 is 22.8 Å². The third-order valence-corrected chi connectivity index (χ3v) is 6.54. The first-order valence-electron chi connectivity index (χ1n) is 10.9. The van der Waals surface area contributed by atoms with Gasteiger partial charge in [-0.15, -0.1) is 0 Å². The number of nitrogens with zero attached hydrogens (tertiary/aromatic N) is 3. The van der Waals surface area contributed by atoms with E-state index in [1.807, 2.05) is 18.2 Å². The number of fused-ring (bicyclic) bond motifs is 1. The Balaban J connectivity index is 1.52. The number of piperidine rings is 2. The molecule has 7 heteroatoms. The van der Waals surface area contributed by atoms with Crippen LogP contribution in [0.25, 0.3) is 22.2 Å². The number of nitrogens with one attached hydrogen (secondary N) is 1. The molecule has 3 aromatic rings. The molecule has 2 aromatic carbocycles. The maximum absolute atomic E-state index is 12.9. The molecule has 1 N–H and O–H groups in total. The van der Waals surface area contributed by atoms with Gasteiger partial charge in [0.1, 0.15) is 0 Å². The van der Waals surface area contributed by atoms with Gasteiger partial charge < -0.3 is 5.32 Å². The van der Waals surface area contributed by atoms with Crippen molar-refractivity contribution < 1.29 is 9.59 Å². The van der Waals surface area contributed by atoms with Crippen molar-refractivity contribution in [3.8, 4) is 11.1 Å². The molecule has 2 aliphatic rings. The van der Waals surface area contributed by atoms with E-state index >= 15 is 0 Å². The minimum atomic E-state index is -0.392. The Kier molecular flexibility index (Phi) is 4.98. The summed E-state index contributed by atoms with van der Waals surface area (Å²) in [4.78, 5) is 37.7. The molecule has 31 heavy (non-hydrogen) atoms. The van der Waals surface area contributed by atoms with Gasteiger partial charge in [0.25, 0.3) is 0 Å². The Morgan fingerprint density at radius 3 is 2.16 bits per heavy atom. The van der Waals surface area contributed by atoms with E-state index in [2.05, 4.69) is 29.6 Å². The zero-order valence-corrected chi connectivity index (χ0v) is 17.6. The summed E-state index contributed by atoms with van der Waals surface area (Å²) in [6.45, 7) is 2.13. The summed E-state index contributed by atoms with van der Waals surface area (Å²) in [7, 11) is 1.67. The third-order valence-electron chi connectivity index (χ3n) is 6.54. The second-order valence-corrected chi connectivity index (χ2v) is 8.46. The molecule has 0 atom stereocenters. The highest BCUT2D eigenvalue weighted by molar-refractivity contribution is 6.11. The fraction of sp³-hybridized carbons (Fsp3) is 0.375. The van der Waals surface area contributed by atoms with Gasteiger partial charge in [-0.1, -0.05) is 30.3 Å². The lowest BCUT2D eigenvalue weighted by Gasteiger charge is -2.25. The first kappa shape index (κ1) is 19.8. The van der Waals surface area contributed by atoms with E-state index < -0.39 is 5.69 Å². The molecule has 2 fully saturated rings. The van der Waals surface area contributed by atoms with Crippen LogP contribution in [0, 0.1) is 0 Å². The van der Waals surface area contributed by atoms with E-state index in [0.29, 0.717) is 23.4 Å². The Bertz CT molecular complexity index is 1200. The fourth-order valence-electron chi connectivity index (χ4n) is 4.76. The summed E-state index contributed by atoms with van der Waals surface area (Å²) in [5, 5.41) is 4.42. The molecule has 160 valence electrons. The summed E-state index contributed by atoms with van der Waals surface area (Å²) < 4.78 is 2.72. The minimum Gasteiger partial charge on any atom is -0.317 e. The number of hydrogen-bond acceptors (Lipinski definition) is 4. The Morgan fingerprint density at radius 2 is 1.48 bits per heavy atom. The highest BCUT2D eigenvalue weighted by Crippen LogP contribution is 2.29. The molecule has 2 saturated heterocycles. The van der Waals surface area contributed by atoms with Gasteiger partial charge in [0, 0.05) is 19.9 Å². The van der Waals surface area contributed by atoms with Crippen molar-refractivity contribution in [1.82, 2.24) is 14.6 Å². The smallest absolute Gasteiger partial charge is 0.317 e. The van der Waals surface area contributed by atoms with Crippen LogP contribution in [0.3, 0.4) is 0 Å².